The first kappa shape index (κ1) is 21.5. The van der Waals surface area contributed by atoms with Crippen LogP contribution in [0.5, 0.6) is 0 Å². The number of halogens is 3. The fourth-order valence-electron chi connectivity index (χ4n) is 4.44. The maximum absolute atomic E-state index is 14.5. The van der Waals surface area contributed by atoms with E-state index in [-0.39, 0.29) is 34.5 Å². The number of carbonyl (C=O) groups excluding carboxylic acids is 1. The molecule has 1 aromatic heterocycles. The van der Waals surface area contributed by atoms with Crippen molar-refractivity contribution in [2.24, 2.45) is 5.92 Å². The first-order chi connectivity index (χ1) is 14.8. The molecule has 3 N–H and O–H groups in total. The maximum Gasteiger partial charge on any atom is 0.245 e. The first-order valence-electron chi connectivity index (χ1n) is 10.4. The molecule has 3 heterocycles. The van der Waals surface area contributed by atoms with Gasteiger partial charge in [0.25, 0.3) is 0 Å². The average molecular weight is 451 g/mol. The molecule has 3 atom stereocenters. The standard InChI is InChI=1S/C21H25ClF2N6O/c1-12-4-6-29(20-18(24)19(25)26-11-27-20)10-17(12)30-5-2-3-16(21(30)31)28-15-8-13(22)7-14(23)9-15/h7-9,11-12,16-17,28H,2-6,10H2,1H3,(H2,25,26,27). The lowest BCUT2D eigenvalue weighted by atomic mass is 9.89. The van der Waals surface area contributed by atoms with E-state index in [9.17, 15) is 13.6 Å². The Kier molecular flexibility index (Phi) is 6.13. The molecule has 166 valence electrons. The van der Waals surface area contributed by atoms with Crippen LogP contribution in [0.4, 0.5) is 26.1 Å². The summed E-state index contributed by atoms with van der Waals surface area (Å²) in [4.78, 5) is 24.8. The fourth-order valence-corrected chi connectivity index (χ4v) is 4.66. The zero-order valence-electron chi connectivity index (χ0n) is 17.2. The molecule has 4 rings (SSSR count). The lowest BCUT2D eigenvalue weighted by Gasteiger charge is -2.46. The molecule has 1 amide bonds. The normalized spacial score (nSPS) is 24.4. The highest BCUT2D eigenvalue weighted by Crippen LogP contribution is 2.30. The molecule has 0 bridgehead atoms. The average Bonchev–Trinajstić information content (AvgIpc) is 2.72. The van der Waals surface area contributed by atoms with Crippen molar-refractivity contribution < 1.29 is 13.6 Å². The molecule has 2 aliphatic rings. The Bertz CT molecular complexity index is 957. The zero-order valence-corrected chi connectivity index (χ0v) is 17.9. The van der Waals surface area contributed by atoms with E-state index in [0.29, 0.717) is 31.7 Å². The van der Waals surface area contributed by atoms with Crippen LogP contribution in [0.1, 0.15) is 26.2 Å². The molecule has 2 fully saturated rings. The number of benzene rings is 1. The lowest BCUT2D eigenvalue weighted by molar-refractivity contribution is -0.138. The topological polar surface area (TPSA) is 87.4 Å². The summed E-state index contributed by atoms with van der Waals surface area (Å²) in [5.74, 6) is -0.927. The van der Waals surface area contributed by atoms with Gasteiger partial charge in [0, 0.05) is 30.3 Å². The number of carbonyl (C=O) groups is 1. The largest absolute Gasteiger partial charge is 0.381 e. The molecule has 0 aliphatic carbocycles. The van der Waals surface area contributed by atoms with Crippen LogP contribution in [0.2, 0.25) is 5.02 Å². The van der Waals surface area contributed by atoms with Gasteiger partial charge in [-0.2, -0.15) is 4.39 Å². The van der Waals surface area contributed by atoms with Gasteiger partial charge in [0.15, 0.2) is 11.6 Å². The number of hydrogen-bond acceptors (Lipinski definition) is 6. The second kappa shape index (κ2) is 8.82. The van der Waals surface area contributed by atoms with Gasteiger partial charge in [-0.05, 0) is 43.4 Å². The first-order valence-corrected chi connectivity index (χ1v) is 10.8. The monoisotopic (exact) mass is 450 g/mol. The van der Waals surface area contributed by atoms with Crippen molar-refractivity contribution in [2.45, 2.75) is 38.3 Å². The molecule has 7 nitrogen and oxygen atoms in total. The predicted molar refractivity (Wildman–Crippen MR) is 116 cm³/mol. The van der Waals surface area contributed by atoms with Crippen LogP contribution in [0.25, 0.3) is 0 Å². The molecular weight excluding hydrogens is 426 g/mol. The van der Waals surface area contributed by atoms with Crippen LogP contribution >= 0.6 is 11.6 Å². The van der Waals surface area contributed by atoms with E-state index in [1.165, 1.54) is 18.5 Å². The number of rotatable bonds is 4. The SMILES string of the molecule is CC1CCN(c2ncnc(N)c2F)CC1N1CCCC(Nc2cc(F)cc(Cl)c2)C1=O. The predicted octanol–water partition coefficient (Wildman–Crippen LogP) is 3.31. The highest BCUT2D eigenvalue weighted by Gasteiger charge is 2.39. The molecule has 0 spiro atoms. The highest BCUT2D eigenvalue weighted by atomic mass is 35.5. The van der Waals surface area contributed by atoms with Crippen molar-refractivity contribution in [1.82, 2.24) is 14.9 Å². The van der Waals surface area contributed by atoms with Crippen molar-refractivity contribution in [3.05, 3.63) is 41.2 Å². The van der Waals surface area contributed by atoms with Gasteiger partial charge in [-0.25, -0.2) is 14.4 Å². The van der Waals surface area contributed by atoms with Crippen LogP contribution in [0.15, 0.2) is 24.5 Å². The highest BCUT2D eigenvalue weighted by molar-refractivity contribution is 6.30. The fraction of sp³-hybridized carbons (Fsp3) is 0.476. The summed E-state index contributed by atoms with van der Waals surface area (Å²) >= 11 is 5.94. The number of nitrogens with two attached hydrogens (primary N) is 1. The number of nitrogen functional groups attached to an aromatic ring is 1. The summed E-state index contributed by atoms with van der Waals surface area (Å²) in [7, 11) is 0. The zero-order chi connectivity index (χ0) is 22.1. The number of hydrogen-bond donors (Lipinski definition) is 2. The summed E-state index contributed by atoms with van der Waals surface area (Å²) in [5.41, 5.74) is 6.08. The van der Waals surface area contributed by atoms with Crippen LogP contribution in [0, 0.1) is 17.6 Å². The summed E-state index contributed by atoms with van der Waals surface area (Å²) in [5, 5.41) is 3.40. The van der Waals surface area contributed by atoms with Gasteiger partial charge in [-0.15, -0.1) is 0 Å². The Balaban J connectivity index is 1.51. The molecule has 2 aromatic rings. The smallest absolute Gasteiger partial charge is 0.245 e. The maximum atomic E-state index is 14.5. The van der Waals surface area contributed by atoms with Crippen LogP contribution < -0.4 is 16.0 Å². The van der Waals surface area contributed by atoms with Crippen molar-refractivity contribution >= 4 is 34.8 Å². The van der Waals surface area contributed by atoms with E-state index in [1.54, 1.807) is 6.07 Å². The molecule has 0 radical (unpaired) electrons. The number of nitrogens with one attached hydrogen (secondary N) is 1. The summed E-state index contributed by atoms with van der Waals surface area (Å²) in [6.07, 6.45) is 3.49. The number of amides is 1. The third-order valence-corrected chi connectivity index (χ3v) is 6.31. The van der Waals surface area contributed by atoms with E-state index >= 15 is 0 Å². The van der Waals surface area contributed by atoms with Crippen molar-refractivity contribution in [2.75, 3.05) is 35.6 Å². The molecule has 10 heteroatoms. The lowest BCUT2D eigenvalue weighted by Crippen LogP contribution is -2.59. The second-order valence-electron chi connectivity index (χ2n) is 8.20. The minimum atomic E-state index is -0.636. The van der Waals surface area contributed by atoms with E-state index in [1.807, 2.05) is 9.80 Å². The van der Waals surface area contributed by atoms with Crippen molar-refractivity contribution in [3.63, 3.8) is 0 Å². The van der Waals surface area contributed by atoms with Gasteiger partial charge in [0.2, 0.25) is 11.7 Å². The second-order valence-corrected chi connectivity index (χ2v) is 8.64. The number of nitrogens with zero attached hydrogens (tertiary/aromatic N) is 4. The van der Waals surface area contributed by atoms with Crippen LogP contribution in [0.3, 0.4) is 0 Å². The molecule has 31 heavy (non-hydrogen) atoms. The Morgan fingerprint density at radius 1 is 1.19 bits per heavy atom. The molecule has 0 saturated carbocycles. The van der Waals surface area contributed by atoms with E-state index < -0.39 is 17.7 Å². The summed E-state index contributed by atoms with van der Waals surface area (Å²) in [6.45, 7) is 3.80. The van der Waals surface area contributed by atoms with E-state index in [2.05, 4.69) is 22.2 Å². The van der Waals surface area contributed by atoms with Gasteiger partial charge in [-0.1, -0.05) is 18.5 Å². The quantitative estimate of drug-likeness (QED) is 0.743. The van der Waals surface area contributed by atoms with Crippen molar-refractivity contribution in [1.29, 1.82) is 0 Å². The third-order valence-electron chi connectivity index (χ3n) is 6.09. The van der Waals surface area contributed by atoms with Gasteiger partial charge >= 0.3 is 0 Å². The van der Waals surface area contributed by atoms with Crippen LogP contribution in [-0.2, 0) is 4.79 Å². The number of piperidine rings is 2. The Morgan fingerprint density at radius 2 is 2.00 bits per heavy atom. The number of aromatic nitrogens is 2. The Morgan fingerprint density at radius 3 is 2.77 bits per heavy atom. The molecule has 3 unspecified atom stereocenters. The summed E-state index contributed by atoms with van der Waals surface area (Å²) < 4.78 is 28.2. The Hall–Kier alpha value is -2.68. The van der Waals surface area contributed by atoms with Crippen molar-refractivity contribution in [3.8, 4) is 0 Å². The number of likely N-dealkylation sites (tertiary alicyclic amines) is 1. The van der Waals surface area contributed by atoms with E-state index in [4.69, 9.17) is 17.3 Å². The van der Waals surface area contributed by atoms with Gasteiger partial charge in [0.05, 0.1) is 6.04 Å². The molecule has 1 aromatic carbocycles. The summed E-state index contributed by atoms with van der Waals surface area (Å²) in [6, 6.07) is 3.58. The molecule has 2 saturated heterocycles. The number of anilines is 3. The van der Waals surface area contributed by atoms with E-state index in [0.717, 1.165) is 12.8 Å². The van der Waals surface area contributed by atoms with Gasteiger partial charge in [-0.3, -0.25) is 4.79 Å². The molecule has 2 aliphatic heterocycles. The van der Waals surface area contributed by atoms with Crippen LogP contribution in [-0.4, -0.2) is 52.5 Å². The minimum Gasteiger partial charge on any atom is -0.381 e. The van der Waals surface area contributed by atoms with Gasteiger partial charge < -0.3 is 20.9 Å². The van der Waals surface area contributed by atoms with Gasteiger partial charge in [0.1, 0.15) is 18.2 Å². The minimum absolute atomic E-state index is 0.0481. The molecular formula is C21H25ClF2N6O. The third kappa shape index (κ3) is 4.51. The Labute approximate surface area is 184 Å².